The highest BCUT2D eigenvalue weighted by Crippen LogP contribution is 2.12. The molecule has 1 aliphatic heterocycles. The van der Waals surface area contributed by atoms with Gasteiger partial charge in [0.1, 0.15) is 0 Å². The lowest BCUT2D eigenvalue weighted by Gasteiger charge is -2.30. The Morgan fingerprint density at radius 3 is 2.70 bits per heavy atom. The largest absolute Gasteiger partial charge is 0.352 e. The summed E-state index contributed by atoms with van der Waals surface area (Å²) in [6.07, 6.45) is 2.54. The number of rotatable bonds is 4. The lowest BCUT2D eigenvalue weighted by Crippen LogP contribution is -2.50. The maximum absolute atomic E-state index is 12.0. The van der Waals surface area contributed by atoms with Crippen LogP contribution < -0.4 is 10.6 Å². The number of aryl methyl sites for hydroxylation is 2. The summed E-state index contributed by atoms with van der Waals surface area (Å²) < 4.78 is 0. The van der Waals surface area contributed by atoms with Crippen LogP contribution in [0.5, 0.6) is 0 Å². The molecule has 4 heteroatoms. The summed E-state index contributed by atoms with van der Waals surface area (Å²) in [6, 6.07) is 8.70. The quantitative estimate of drug-likeness (QED) is 0.896. The van der Waals surface area contributed by atoms with Gasteiger partial charge in [0.05, 0.1) is 0 Å². The first-order valence-corrected chi connectivity index (χ1v) is 7.21. The van der Waals surface area contributed by atoms with E-state index in [-0.39, 0.29) is 18.3 Å². The van der Waals surface area contributed by atoms with Gasteiger partial charge in [0.15, 0.2) is 0 Å². The first-order valence-electron chi connectivity index (χ1n) is 7.21. The van der Waals surface area contributed by atoms with Gasteiger partial charge < -0.3 is 10.6 Å². The number of hydrogen-bond acceptors (Lipinski definition) is 2. The highest BCUT2D eigenvalue weighted by atomic mass is 35.5. The van der Waals surface area contributed by atoms with E-state index in [0.717, 1.165) is 25.9 Å². The standard InChI is InChI=1S/C16H24N2O.ClH/c1-12-3-5-14(6-4-12)7-8-16(19)18-15-11-17-10-9-13(15)2;/h3-6,13,15,17H,7-11H2,1-2H3,(H,18,19);1H. The molecule has 3 nitrogen and oxygen atoms in total. The number of piperidine rings is 1. The van der Waals surface area contributed by atoms with Crippen molar-refractivity contribution in [1.29, 1.82) is 0 Å². The maximum Gasteiger partial charge on any atom is 0.220 e. The van der Waals surface area contributed by atoms with Crippen molar-refractivity contribution in [1.82, 2.24) is 10.6 Å². The molecule has 1 aromatic rings. The molecule has 1 saturated heterocycles. The Bertz CT molecular complexity index is 419. The summed E-state index contributed by atoms with van der Waals surface area (Å²) in [5.41, 5.74) is 2.49. The number of halogens is 1. The Kier molecular flexibility index (Phi) is 7.03. The lowest BCUT2D eigenvalue weighted by atomic mass is 9.94. The van der Waals surface area contributed by atoms with Gasteiger partial charge in [-0.15, -0.1) is 12.4 Å². The number of carbonyl (C=O) groups is 1. The van der Waals surface area contributed by atoms with Gasteiger partial charge in [0, 0.05) is 19.0 Å². The van der Waals surface area contributed by atoms with Crippen LogP contribution in [-0.2, 0) is 11.2 Å². The minimum Gasteiger partial charge on any atom is -0.352 e. The van der Waals surface area contributed by atoms with Gasteiger partial charge in [-0.2, -0.15) is 0 Å². The van der Waals surface area contributed by atoms with Crippen molar-refractivity contribution >= 4 is 18.3 Å². The third-order valence-electron chi connectivity index (χ3n) is 3.94. The van der Waals surface area contributed by atoms with Crippen molar-refractivity contribution in [2.45, 2.75) is 39.2 Å². The van der Waals surface area contributed by atoms with Crippen LogP contribution in [0.3, 0.4) is 0 Å². The van der Waals surface area contributed by atoms with Gasteiger partial charge in [-0.25, -0.2) is 0 Å². The van der Waals surface area contributed by atoms with Crippen LogP contribution in [0.25, 0.3) is 0 Å². The highest BCUT2D eigenvalue weighted by molar-refractivity contribution is 5.85. The van der Waals surface area contributed by atoms with E-state index in [4.69, 9.17) is 0 Å². The van der Waals surface area contributed by atoms with E-state index < -0.39 is 0 Å². The Hall–Kier alpha value is -1.06. The van der Waals surface area contributed by atoms with Gasteiger partial charge in [-0.1, -0.05) is 36.8 Å². The van der Waals surface area contributed by atoms with Gasteiger partial charge >= 0.3 is 0 Å². The number of carbonyl (C=O) groups excluding carboxylic acids is 1. The van der Waals surface area contributed by atoms with Crippen LogP contribution in [0.4, 0.5) is 0 Å². The molecule has 2 unspecified atom stereocenters. The Morgan fingerprint density at radius 2 is 2.05 bits per heavy atom. The van der Waals surface area contributed by atoms with Crippen LogP contribution in [0.2, 0.25) is 0 Å². The van der Waals surface area contributed by atoms with E-state index in [2.05, 4.69) is 48.7 Å². The molecule has 0 bridgehead atoms. The first kappa shape index (κ1) is 17.0. The first-order chi connectivity index (χ1) is 9.15. The molecule has 2 atom stereocenters. The van der Waals surface area contributed by atoms with Crippen LogP contribution in [0, 0.1) is 12.8 Å². The molecule has 20 heavy (non-hydrogen) atoms. The second-order valence-corrected chi connectivity index (χ2v) is 5.63. The van der Waals surface area contributed by atoms with Crippen LogP contribution in [0.15, 0.2) is 24.3 Å². The molecule has 0 saturated carbocycles. The molecule has 0 spiro atoms. The van der Waals surface area contributed by atoms with E-state index >= 15 is 0 Å². The van der Waals surface area contributed by atoms with Crippen molar-refractivity contribution in [3.05, 3.63) is 35.4 Å². The number of amides is 1. The summed E-state index contributed by atoms with van der Waals surface area (Å²) in [5.74, 6) is 0.741. The SMILES string of the molecule is Cc1ccc(CCC(=O)NC2CNCCC2C)cc1.Cl. The molecule has 112 valence electrons. The lowest BCUT2D eigenvalue weighted by molar-refractivity contribution is -0.122. The summed E-state index contributed by atoms with van der Waals surface area (Å²) in [6.45, 7) is 6.26. The summed E-state index contributed by atoms with van der Waals surface area (Å²) in [5, 5.41) is 6.48. The zero-order chi connectivity index (χ0) is 13.7. The van der Waals surface area contributed by atoms with Crippen molar-refractivity contribution in [3.8, 4) is 0 Å². The molecule has 1 heterocycles. The average Bonchev–Trinajstić information content (AvgIpc) is 2.41. The van der Waals surface area contributed by atoms with Crippen LogP contribution >= 0.6 is 12.4 Å². The number of hydrogen-bond donors (Lipinski definition) is 2. The molecule has 1 fully saturated rings. The highest BCUT2D eigenvalue weighted by Gasteiger charge is 2.22. The smallest absolute Gasteiger partial charge is 0.220 e. The van der Waals surface area contributed by atoms with Gasteiger partial charge in [0.25, 0.3) is 0 Å². The molecular weight excluding hydrogens is 272 g/mol. The fourth-order valence-electron chi connectivity index (χ4n) is 2.47. The average molecular weight is 297 g/mol. The predicted molar refractivity (Wildman–Crippen MR) is 85.3 cm³/mol. The second-order valence-electron chi connectivity index (χ2n) is 5.63. The minimum atomic E-state index is 0. The second kappa shape index (κ2) is 8.28. The molecule has 2 rings (SSSR count). The van der Waals surface area contributed by atoms with E-state index in [1.165, 1.54) is 11.1 Å². The maximum atomic E-state index is 12.0. The minimum absolute atomic E-state index is 0. The molecule has 2 N–H and O–H groups in total. The monoisotopic (exact) mass is 296 g/mol. The van der Waals surface area contributed by atoms with Gasteiger partial charge in [-0.3, -0.25) is 4.79 Å². The third-order valence-corrected chi connectivity index (χ3v) is 3.94. The Balaban J connectivity index is 0.00000200. The fraction of sp³-hybridized carbons (Fsp3) is 0.562. The van der Waals surface area contributed by atoms with Crippen LogP contribution in [-0.4, -0.2) is 25.0 Å². The summed E-state index contributed by atoms with van der Waals surface area (Å²) >= 11 is 0. The van der Waals surface area contributed by atoms with Crippen molar-refractivity contribution < 1.29 is 4.79 Å². The Morgan fingerprint density at radius 1 is 1.35 bits per heavy atom. The van der Waals surface area contributed by atoms with Gasteiger partial charge in [0.2, 0.25) is 5.91 Å². The van der Waals surface area contributed by atoms with Crippen molar-refractivity contribution in [2.24, 2.45) is 5.92 Å². The van der Waals surface area contributed by atoms with Crippen molar-refractivity contribution in [2.75, 3.05) is 13.1 Å². The Labute approximate surface area is 127 Å². The molecule has 1 aliphatic rings. The molecule has 0 aliphatic carbocycles. The van der Waals surface area contributed by atoms with E-state index in [9.17, 15) is 4.79 Å². The predicted octanol–water partition coefficient (Wildman–Crippen LogP) is 2.46. The molecule has 0 aromatic heterocycles. The fourth-order valence-corrected chi connectivity index (χ4v) is 2.47. The van der Waals surface area contributed by atoms with E-state index in [1.807, 2.05) is 0 Å². The van der Waals surface area contributed by atoms with Gasteiger partial charge in [-0.05, 0) is 37.8 Å². The zero-order valence-electron chi connectivity index (χ0n) is 12.3. The molecule has 1 aromatic carbocycles. The third kappa shape index (κ3) is 5.14. The van der Waals surface area contributed by atoms with E-state index in [0.29, 0.717) is 18.4 Å². The van der Waals surface area contributed by atoms with Crippen LogP contribution in [0.1, 0.15) is 30.9 Å². The topological polar surface area (TPSA) is 41.1 Å². The molecule has 1 amide bonds. The van der Waals surface area contributed by atoms with E-state index in [1.54, 1.807) is 0 Å². The summed E-state index contributed by atoms with van der Waals surface area (Å²) in [4.78, 5) is 12.0. The number of benzene rings is 1. The molecular formula is C16H25ClN2O. The number of nitrogens with one attached hydrogen (secondary N) is 2. The normalized spacial score (nSPS) is 21.9. The molecule has 0 radical (unpaired) electrons. The van der Waals surface area contributed by atoms with Crippen molar-refractivity contribution in [3.63, 3.8) is 0 Å². The summed E-state index contributed by atoms with van der Waals surface area (Å²) in [7, 11) is 0. The zero-order valence-corrected chi connectivity index (χ0v) is 13.1.